The molecule has 1 aliphatic rings. The summed E-state index contributed by atoms with van der Waals surface area (Å²) in [7, 11) is -1.54. The third-order valence-corrected chi connectivity index (χ3v) is 4.86. The van der Waals surface area contributed by atoms with Gasteiger partial charge in [0.2, 0.25) is 15.9 Å². The summed E-state index contributed by atoms with van der Waals surface area (Å²) in [4.78, 5) is 13.0. The number of nitrogens with zero attached hydrogens (tertiary/aromatic N) is 1. The molecule has 1 aromatic carbocycles. The molecule has 0 aliphatic carbocycles. The van der Waals surface area contributed by atoms with Crippen LogP contribution in [-0.4, -0.2) is 45.1 Å². The number of carbonyl (C=O) groups excluding carboxylic acids is 1. The molecule has 1 saturated heterocycles. The Hall–Kier alpha value is -1.40. The first-order chi connectivity index (χ1) is 9.46. The first-order valence-electron chi connectivity index (χ1n) is 6.71. The van der Waals surface area contributed by atoms with Crippen molar-refractivity contribution < 1.29 is 13.2 Å². The molecule has 2 rings (SSSR count). The quantitative estimate of drug-likeness (QED) is 0.837. The Morgan fingerprint density at radius 3 is 2.60 bits per heavy atom. The minimum atomic E-state index is -3.28. The number of rotatable bonds is 6. The second kappa shape index (κ2) is 6.37. The lowest BCUT2D eigenvalue weighted by Gasteiger charge is -2.11. The lowest BCUT2D eigenvalue weighted by molar-refractivity contribution is -0.126. The van der Waals surface area contributed by atoms with Gasteiger partial charge in [-0.05, 0) is 17.9 Å². The van der Waals surface area contributed by atoms with E-state index in [0.717, 1.165) is 5.56 Å². The zero-order valence-electron chi connectivity index (χ0n) is 11.6. The number of nitrogens with one attached hydrogen (secondary N) is 1. The number of carbonyl (C=O) groups is 1. The lowest BCUT2D eigenvalue weighted by atomic mass is 10.1. The van der Waals surface area contributed by atoms with Gasteiger partial charge in [0.15, 0.2) is 0 Å². The number of likely N-dealkylation sites (tertiary alicyclic amines) is 1. The highest BCUT2D eigenvalue weighted by molar-refractivity contribution is 7.89. The third-order valence-electron chi connectivity index (χ3n) is 3.52. The first kappa shape index (κ1) is 15.0. The monoisotopic (exact) mass is 296 g/mol. The maximum Gasteiger partial charge on any atom is 0.222 e. The molecule has 1 aliphatic heterocycles. The molecule has 0 saturated carbocycles. The van der Waals surface area contributed by atoms with Crippen LogP contribution in [0.15, 0.2) is 30.3 Å². The van der Waals surface area contributed by atoms with Crippen molar-refractivity contribution in [3.8, 4) is 0 Å². The van der Waals surface area contributed by atoms with Crippen molar-refractivity contribution in [3.63, 3.8) is 0 Å². The smallest absolute Gasteiger partial charge is 0.222 e. The molecule has 1 heterocycles. The summed E-state index contributed by atoms with van der Waals surface area (Å²) in [6.45, 7) is 0.966. The fourth-order valence-electron chi connectivity index (χ4n) is 2.31. The first-order valence-corrected chi connectivity index (χ1v) is 8.37. The Kier molecular flexibility index (Phi) is 4.77. The minimum Gasteiger partial charge on any atom is -0.345 e. The number of amides is 1. The molecule has 1 fully saturated rings. The number of aryl methyl sites for hydroxylation is 1. The summed E-state index contributed by atoms with van der Waals surface area (Å²) in [5.74, 6) is 0.241. The Morgan fingerprint density at radius 1 is 1.30 bits per heavy atom. The lowest BCUT2D eigenvalue weighted by Crippen LogP contribution is -2.32. The average molecular weight is 296 g/mol. The summed E-state index contributed by atoms with van der Waals surface area (Å²) in [5, 5.41) is 0. The van der Waals surface area contributed by atoms with E-state index < -0.39 is 10.0 Å². The zero-order valence-corrected chi connectivity index (χ0v) is 12.4. The highest BCUT2D eigenvalue weighted by atomic mass is 32.2. The molecular formula is C14H20N2O3S. The summed E-state index contributed by atoms with van der Waals surface area (Å²) >= 11 is 0. The van der Waals surface area contributed by atoms with Crippen LogP contribution in [-0.2, 0) is 21.2 Å². The van der Waals surface area contributed by atoms with Gasteiger partial charge in [0.05, 0.1) is 5.75 Å². The maximum atomic E-state index is 11.9. The van der Waals surface area contributed by atoms with Gasteiger partial charge in [-0.1, -0.05) is 30.3 Å². The fourth-order valence-corrected chi connectivity index (χ4v) is 3.45. The van der Waals surface area contributed by atoms with Gasteiger partial charge < -0.3 is 4.90 Å². The van der Waals surface area contributed by atoms with Crippen molar-refractivity contribution >= 4 is 15.9 Å². The molecule has 20 heavy (non-hydrogen) atoms. The van der Waals surface area contributed by atoms with Crippen LogP contribution in [0.4, 0.5) is 0 Å². The van der Waals surface area contributed by atoms with E-state index >= 15 is 0 Å². The standard InChI is InChI=1S/C14H20N2O3S/c1-16-11-13(9-14(16)17)10-15-20(18,19)8-7-12-5-3-2-4-6-12/h2-6,13,15H,7-11H2,1H3. The van der Waals surface area contributed by atoms with Crippen LogP contribution in [0.1, 0.15) is 12.0 Å². The molecule has 1 amide bonds. The molecular weight excluding hydrogens is 276 g/mol. The number of hydrogen-bond acceptors (Lipinski definition) is 3. The molecule has 0 bridgehead atoms. The normalized spacial score (nSPS) is 19.6. The van der Waals surface area contributed by atoms with Crippen molar-refractivity contribution in [2.24, 2.45) is 5.92 Å². The third kappa shape index (κ3) is 4.31. The molecule has 1 aromatic rings. The van der Waals surface area contributed by atoms with Gasteiger partial charge in [-0.2, -0.15) is 0 Å². The van der Waals surface area contributed by atoms with Gasteiger partial charge in [-0.25, -0.2) is 13.1 Å². The predicted octanol–water partition coefficient (Wildman–Crippen LogP) is 0.627. The van der Waals surface area contributed by atoms with Gasteiger partial charge >= 0.3 is 0 Å². The summed E-state index contributed by atoms with van der Waals surface area (Å²) in [6.07, 6.45) is 0.928. The van der Waals surface area contributed by atoms with Crippen LogP contribution < -0.4 is 4.72 Å². The number of hydrogen-bond donors (Lipinski definition) is 1. The second-order valence-corrected chi connectivity index (χ2v) is 7.17. The molecule has 0 aromatic heterocycles. The zero-order chi connectivity index (χ0) is 14.6. The van der Waals surface area contributed by atoms with E-state index in [4.69, 9.17) is 0 Å². The largest absolute Gasteiger partial charge is 0.345 e. The summed E-state index contributed by atoms with van der Waals surface area (Å²) in [6, 6.07) is 9.54. The molecule has 0 radical (unpaired) electrons. The Morgan fingerprint density at radius 2 is 2.00 bits per heavy atom. The molecule has 110 valence electrons. The van der Waals surface area contributed by atoms with Crippen LogP contribution in [0.3, 0.4) is 0 Å². The van der Waals surface area contributed by atoms with Crippen LogP contribution in [0.5, 0.6) is 0 Å². The van der Waals surface area contributed by atoms with Gasteiger partial charge in [0, 0.05) is 26.6 Å². The van der Waals surface area contributed by atoms with E-state index in [2.05, 4.69) is 4.72 Å². The van der Waals surface area contributed by atoms with Crippen LogP contribution in [0.25, 0.3) is 0 Å². The molecule has 1 N–H and O–H groups in total. The van der Waals surface area contributed by atoms with Crippen LogP contribution >= 0.6 is 0 Å². The van der Waals surface area contributed by atoms with E-state index in [9.17, 15) is 13.2 Å². The van der Waals surface area contributed by atoms with Gasteiger partial charge in [-0.15, -0.1) is 0 Å². The van der Waals surface area contributed by atoms with E-state index in [1.165, 1.54) is 0 Å². The van der Waals surface area contributed by atoms with Crippen molar-refractivity contribution in [1.29, 1.82) is 0 Å². The Bertz CT molecular complexity index is 557. The highest BCUT2D eigenvalue weighted by Gasteiger charge is 2.27. The fraction of sp³-hybridized carbons (Fsp3) is 0.500. The van der Waals surface area contributed by atoms with Gasteiger partial charge in [0.25, 0.3) is 0 Å². The minimum absolute atomic E-state index is 0.0769. The Labute approximate surface area is 120 Å². The summed E-state index contributed by atoms with van der Waals surface area (Å²) < 4.78 is 26.4. The van der Waals surface area contributed by atoms with Crippen LogP contribution in [0, 0.1) is 5.92 Å². The molecule has 0 spiro atoms. The van der Waals surface area contributed by atoms with Crippen molar-refractivity contribution in [2.45, 2.75) is 12.8 Å². The molecule has 5 nitrogen and oxygen atoms in total. The highest BCUT2D eigenvalue weighted by Crippen LogP contribution is 2.15. The number of sulfonamides is 1. The molecule has 1 atom stereocenters. The topological polar surface area (TPSA) is 66.5 Å². The van der Waals surface area contributed by atoms with Crippen molar-refractivity contribution in [3.05, 3.63) is 35.9 Å². The maximum absolute atomic E-state index is 11.9. The van der Waals surface area contributed by atoms with E-state index in [0.29, 0.717) is 25.9 Å². The van der Waals surface area contributed by atoms with Gasteiger partial charge in [-0.3, -0.25) is 4.79 Å². The average Bonchev–Trinajstić information content (AvgIpc) is 2.75. The second-order valence-electron chi connectivity index (χ2n) is 5.25. The SMILES string of the molecule is CN1CC(CNS(=O)(=O)CCc2ccccc2)CC1=O. The van der Waals surface area contributed by atoms with E-state index in [-0.39, 0.29) is 17.6 Å². The molecule has 6 heteroatoms. The molecule has 1 unspecified atom stereocenters. The number of benzene rings is 1. The Balaban J connectivity index is 1.78. The van der Waals surface area contributed by atoms with Crippen molar-refractivity contribution in [2.75, 3.05) is 25.9 Å². The summed E-state index contributed by atoms with van der Waals surface area (Å²) in [5.41, 5.74) is 1.01. The van der Waals surface area contributed by atoms with Gasteiger partial charge in [0.1, 0.15) is 0 Å². The predicted molar refractivity (Wildman–Crippen MR) is 77.7 cm³/mol. The van der Waals surface area contributed by atoms with Crippen LogP contribution in [0.2, 0.25) is 0 Å². The van der Waals surface area contributed by atoms with E-state index in [1.807, 2.05) is 30.3 Å². The van der Waals surface area contributed by atoms with E-state index in [1.54, 1.807) is 11.9 Å². The van der Waals surface area contributed by atoms with Crippen molar-refractivity contribution in [1.82, 2.24) is 9.62 Å².